The summed E-state index contributed by atoms with van der Waals surface area (Å²) in [6.45, 7) is 11.2. The zero-order valence-electron chi connectivity index (χ0n) is 12.6. The molecule has 1 aromatic rings. The molecule has 0 heterocycles. The molecule has 0 bridgehead atoms. The highest BCUT2D eigenvalue weighted by molar-refractivity contribution is 7.94. The molecule has 0 radical (unpaired) electrons. The van der Waals surface area contributed by atoms with Gasteiger partial charge in [-0.25, -0.2) is 0 Å². The van der Waals surface area contributed by atoms with Crippen molar-refractivity contribution in [1.29, 1.82) is 0 Å². The van der Waals surface area contributed by atoms with Crippen LogP contribution in [0.1, 0.15) is 56.7 Å². The normalized spacial score (nSPS) is 11.7. The summed E-state index contributed by atoms with van der Waals surface area (Å²) in [6, 6.07) is 4.63. The van der Waals surface area contributed by atoms with Crippen LogP contribution >= 0.6 is 12.0 Å². The Balaban J connectivity index is 3.27. The zero-order valence-corrected chi connectivity index (χ0v) is 13.4. The van der Waals surface area contributed by atoms with Gasteiger partial charge in [0.05, 0.1) is 12.0 Å². The highest BCUT2D eigenvalue weighted by Crippen LogP contribution is 2.38. The molecule has 102 valence electrons. The van der Waals surface area contributed by atoms with Crippen molar-refractivity contribution in [2.75, 3.05) is 6.26 Å². The van der Waals surface area contributed by atoms with E-state index in [0.717, 1.165) is 5.75 Å². The molecular formula is C16H26OS. The zero-order chi connectivity index (χ0) is 13.8. The summed E-state index contributed by atoms with van der Waals surface area (Å²) < 4.78 is 5.65. The SMILES string of the molecule is CCC(CC)(CC)c1cc(C)c(OSC)c(C)c1. The Morgan fingerprint density at radius 2 is 1.44 bits per heavy atom. The molecule has 0 atom stereocenters. The summed E-state index contributed by atoms with van der Waals surface area (Å²) >= 11 is 1.41. The number of hydrogen-bond donors (Lipinski definition) is 0. The van der Waals surface area contributed by atoms with Gasteiger partial charge in [-0.3, -0.25) is 0 Å². The van der Waals surface area contributed by atoms with Crippen LogP contribution in [-0.4, -0.2) is 6.26 Å². The van der Waals surface area contributed by atoms with Crippen LogP contribution in [-0.2, 0) is 5.41 Å². The largest absolute Gasteiger partial charge is 0.426 e. The summed E-state index contributed by atoms with van der Waals surface area (Å²) in [5, 5.41) is 0. The number of benzene rings is 1. The third-order valence-corrected chi connectivity index (χ3v) is 4.60. The average molecular weight is 266 g/mol. The van der Waals surface area contributed by atoms with Gasteiger partial charge in [-0.1, -0.05) is 32.9 Å². The van der Waals surface area contributed by atoms with E-state index in [0.29, 0.717) is 5.41 Å². The van der Waals surface area contributed by atoms with E-state index < -0.39 is 0 Å². The van der Waals surface area contributed by atoms with Gasteiger partial charge >= 0.3 is 0 Å². The van der Waals surface area contributed by atoms with Crippen LogP contribution in [0, 0.1) is 13.8 Å². The Morgan fingerprint density at radius 1 is 1.00 bits per heavy atom. The molecular weight excluding hydrogens is 240 g/mol. The van der Waals surface area contributed by atoms with E-state index in [-0.39, 0.29) is 0 Å². The molecule has 2 heteroatoms. The summed E-state index contributed by atoms with van der Waals surface area (Å²) in [7, 11) is 0. The van der Waals surface area contributed by atoms with Crippen LogP contribution in [0.15, 0.2) is 12.1 Å². The molecule has 1 nitrogen and oxygen atoms in total. The third kappa shape index (κ3) is 2.85. The molecule has 0 spiro atoms. The Hall–Kier alpha value is -0.630. The van der Waals surface area contributed by atoms with E-state index in [9.17, 15) is 0 Å². The van der Waals surface area contributed by atoms with Gasteiger partial charge < -0.3 is 4.18 Å². The molecule has 18 heavy (non-hydrogen) atoms. The number of hydrogen-bond acceptors (Lipinski definition) is 2. The van der Waals surface area contributed by atoms with Crippen LogP contribution in [0.3, 0.4) is 0 Å². The summed E-state index contributed by atoms with van der Waals surface area (Å²) in [5.41, 5.74) is 4.30. The molecule has 0 saturated carbocycles. The van der Waals surface area contributed by atoms with E-state index >= 15 is 0 Å². The van der Waals surface area contributed by atoms with Gasteiger partial charge in [-0.15, -0.1) is 0 Å². The lowest BCUT2D eigenvalue weighted by molar-refractivity contribution is 0.381. The van der Waals surface area contributed by atoms with Gasteiger partial charge in [0.15, 0.2) is 0 Å². The Labute approximate surface area is 117 Å². The van der Waals surface area contributed by atoms with E-state index in [1.54, 1.807) is 0 Å². The van der Waals surface area contributed by atoms with Crippen molar-refractivity contribution < 1.29 is 4.18 Å². The van der Waals surface area contributed by atoms with Crippen molar-refractivity contribution in [3.05, 3.63) is 28.8 Å². The quantitative estimate of drug-likeness (QED) is 0.635. The maximum atomic E-state index is 5.65. The second-order valence-corrected chi connectivity index (χ2v) is 5.53. The minimum atomic E-state index is 0.327. The minimum Gasteiger partial charge on any atom is -0.426 e. The van der Waals surface area contributed by atoms with Crippen LogP contribution in [0.2, 0.25) is 0 Å². The first kappa shape index (κ1) is 15.4. The fraction of sp³-hybridized carbons (Fsp3) is 0.625. The Morgan fingerprint density at radius 3 is 1.78 bits per heavy atom. The van der Waals surface area contributed by atoms with Gasteiger partial charge in [0.1, 0.15) is 5.75 Å². The topological polar surface area (TPSA) is 9.23 Å². The monoisotopic (exact) mass is 266 g/mol. The lowest BCUT2D eigenvalue weighted by Crippen LogP contribution is -2.23. The Bertz CT molecular complexity index is 363. The standard InChI is InChI=1S/C16H26OS/c1-7-16(8-2,9-3)14-10-12(4)15(17-18-6)13(5)11-14/h10-11H,7-9H2,1-6H3. The second-order valence-electron chi connectivity index (χ2n) is 5.03. The van der Waals surface area contributed by atoms with Crippen molar-refractivity contribution in [3.8, 4) is 5.75 Å². The van der Waals surface area contributed by atoms with E-state index in [1.807, 2.05) is 6.26 Å². The molecule has 1 aromatic carbocycles. The van der Waals surface area contributed by atoms with Crippen LogP contribution in [0.25, 0.3) is 0 Å². The maximum absolute atomic E-state index is 5.65. The predicted molar refractivity (Wildman–Crippen MR) is 82.6 cm³/mol. The summed E-state index contributed by atoms with van der Waals surface area (Å²) in [4.78, 5) is 0. The van der Waals surface area contributed by atoms with Crippen LogP contribution in [0.5, 0.6) is 5.75 Å². The van der Waals surface area contributed by atoms with Crippen molar-refractivity contribution >= 4 is 12.0 Å². The third-order valence-electron chi connectivity index (χ3n) is 4.27. The Kier molecular flexibility index (Phi) is 5.58. The lowest BCUT2D eigenvalue weighted by atomic mass is 9.73. The number of aryl methyl sites for hydroxylation is 2. The molecule has 0 aliphatic carbocycles. The van der Waals surface area contributed by atoms with Crippen LogP contribution in [0.4, 0.5) is 0 Å². The summed E-state index contributed by atoms with van der Waals surface area (Å²) in [5.74, 6) is 1.03. The molecule has 1 rings (SSSR count). The molecule has 0 unspecified atom stereocenters. The van der Waals surface area contributed by atoms with Gasteiger partial charge in [-0.05, 0) is 55.2 Å². The number of rotatable bonds is 6. The van der Waals surface area contributed by atoms with Crippen molar-refractivity contribution in [2.45, 2.75) is 59.3 Å². The maximum Gasteiger partial charge on any atom is 0.143 e. The first-order valence-corrected chi connectivity index (χ1v) is 8.02. The van der Waals surface area contributed by atoms with E-state index in [1.165, 1.54) is 48.0 Å². The molecule has 0 fully saturated rings. The minimum absolute atomic E-state index is 0.327. The van der Waals surface area contributed by atoms with Gasteiger partial charge in [0.25, 0.3) is 0 Å². The fourth-order valence-electron chi connectivity index (χ4n) is 2.83. The average Bonchev–Trinajstić information content (AvgIpc) is 2.37. The molecule has 0 N–H and O–H groups in total. The van der Waals surface area contributed by atoms with Crippen molar-refractivity contribution in [1.82, 2.24) is 0 Å². The molecule has 0 amide bonds. The first-order chi connectivity index (χ1) is 8.54. The smallest absolute Gasteiger partial charge is 0.143 e. The van der Waals surface area contributed by atoms with Crippen molar-refractivity contribution in [3.63, 3.8) is 0 Å². The highest BCUT2D eigenvalue weighted by atomic mass is 32.2. The molecule has 0 aliphatic heterocycles. The van der Waals surface area contributed by atoms with Gasteiger partial charge in [0.2, 0.25) is 0 Å². The second kappa shape index (κ2) is 6.51. The van der Waals surface area contributed by atoms with Crippen molar-refractivity contribution in [2.24, 2.45) is 0 Å². The fourth-order valence-corrected chi connectivity index (χ4v) is 3.26. The highest BCUT2D eigenvalue weighted by Gasteiger charge is 2.27. The molecule has 0 aliphatic rings. The van der Waals surface area contributed by atoms with Crippen LogP contribution < -0.4 is 4.18 Å². The van der Waals surface area contributed by atoms with Gasteiger partial charge in [0, 0.05) is 6.26 Å². The summed E-state index contributed by atoms with van der Waals surface area (Å²) in [6.07, 6.45) is 5.55. The lowest BCUT2D eigenvalue weighted by Gasteiger charge is -2.32. The van der Waals surface area contributed by atoms with E-state index in [4.69, 9.17) is 4.18 Å². The predicted octanol–water partition coefficient (Wildman–Crippen LogP) is 5.43. The van der Waals surface area contributed by atoms with E-state index in [2.05, 4.69) is 46.8 Å². The molecule has 0 saturated heterocycles. The first-order valence-electron chi connectivity index (χ1n) is 6.87. The van der Waals surface area contributed by atoms with Gasteiger partial charge in [-0.2, -0.15) is 0 Å². The molecule has 0 aromatic heterocycles.